The van der Waals surface area contributed by atoms with Gasteiger partial charge in [-0.25, -0.2) is 9.59 Å². The largest absolute Gasteiger partial charge is 0.480 e. The maximum absolute atomic E-state index is 12.1. The van der Waals surface area contributed by atoms with Gasteiger partial charge in [-0.05, 0) is 31.7 Å². The molecule has 0 bridgehead atoms. The number of carbonyl (C=O) groups excluding carboxylic acids is 1. The van der Waals surface area contributed by atoms with Crippen LogP contribution in [0.3, 0.4) is 0 Å². The minimum absolute atomic E-state index is 0.159. The first-order valence-electron chi connectivity index (χ1n) is 6.76. The number of carboxylic acids is 1. The van der Waals surface area contributed by atoms with E-state index in [9.17, 15) is 14.7 Å². The zero-order valence-electron chi connectivity index (χ0n) is 11.5. The number of ether oxygens (including phenoxy) is 1. The van der Waals surface area contributed by atoms with Crippen molar-refractivity contribution in [3.05, 3.63) is 35.9 Å². The fourth-order valence-electron chi connectivity index (χ4n) is 2.43. The van der Waals surface area contributed by atoms with Gasteiger partial charge in [-0.15, -0.1) is 0 Å². The highest BCUT2D eigenvalue weighted by molar-refractivity contribution is 5.84. The van der Waals surface area contributed by atoms with E-state index < -0.39 is 17.6 Å². The van der Waals surface area contributed by atoms with Crippen LogP contribution in [0.15, 0.2) is 30.3 Å². The lowest BCUT2D eigenvalue weighted by Gasteiger charge is -2.40. The van der Waals surface area contributed by atoms with Gasteiger partial charge in [-0.1, -0.05) is 30.3 Å². The second kappa shape index (κ2) is 5.94. The molecule has 1 aliphatic heterocycles. The molecule has 1 fully saturated rings. The topological polar surface area (TPSA) is 66.8 Å². The summed E-state index contributed by atoms with van der Waals surface area (Å²) in [5, 5.41) is 9.35. The summed E-state index contributed by atoms with van der Waals surface area (Å²) in [6.45, 7) is 2.17. The molecule has 0 radical (unpaired) electrons. The van der Waals surface area contributed by atoms with Crippen molar-refractivity contribution in [2.24, 2.45) is 0 Å². The zero-order chi connectivity index (χ0) is 14.6. The number of hydrogen-bond donors (Lipinski definition) is 1. The van der Waals surface area contributed by atoms with Crippen LogP contribution in [-0.2, 0) is 16.1 Å². The Kier molecular flexibility index (Phi) is 4.27. The minimum atomic E-state index is -1.16. The van der Waals surface area contributed by atoms with Gasteiger partial charge in [0, 0.05) is 6.54 Å². The fourth-order valence-corrected chi connectivity index (χ4v) is 2.43. The summed E-state index contributed by atoms with van der Waals surface area (Å²) < 4.78 is 5.24. The van der Waals surface area contributed by atoms with Crippen LogP contribution < -0.4 is 0 Å². The van der Waals surface area contributed by atoms with Crippen molar-refractivity contribution >= 4 is 12.1 Å². The summed E-state index contributed by atoms with van der Waals surface area (Å²) >= 11 is 0. The molecule has 108 valence electrons. The van der Waals surface area contributed by atoms with Gasteiger partial charge in [-0.2, -0.15) is 0 Å². The number of likely N-dealkylation sites (tertiary alicyclic amines) is 1. The standard InChI is InChI=1S/C15H19NO4/c1-15(13(17)18)9-5-6-10-16(15)14(19)20-11-12-7-3-2-4-8-12/h2-4,7-8H,5-6,9-11H2,1H3,(H,17,18)/t15-/m0/s1. The molecule has 0 unspecified atom stereocenters. The number of rotatable bonds is 3. The number of amides is 1. The predicted molar refractivity (Wildman–Crippen MR) is 73.2 cm³/mol. The first-order chi connectivity index (χ1) is 9.54. The lowest BCUT2D eigenvalue weighted by molar-refractivity contribution is -0.151. The second-order valence-electron chi connectivity index (χ2n) is 5.23. The molecular formula is C15H19NO4. The average molecular weight is 277 g/mol. The molecule has 0 aromatic heterocycles. The van der Waals surface area contributed by atoms with Gasteiger partial charge < -0.3 is 9.84 Å². The third kappa shape index (κ3) is 2.92. The summed E-state index contributed by atoms with van der Waals surface area (Å²) in [4.78, 5) is 24.9. The zero-order valence-corrected chi connectivity index (χ0v) is 11.5. The van der Waals surface area contributed by atoms with E-state index in [-0.39, 0.29) is 6.61 Å². The van der Waals surface area contributed by atoms with E-state index in [4.69, 9.17) is 4.74 Å². The van der Waals surface area contributed by atoms with Gasteiger partial charge in [0.1, 0.15) is 12.1 Å². The van der Waals surface area contributed by atoms with Crippen molar-refractivity contribution in [2.45, 2.75) is 38.3 Å². The van der Waals surface area contributed by atoms with Crippen molar-refractivity contribution < 1.29 is 19.4 Å². The van der Waals surface area contributed by atoms with E-state index in [0.29, 0.717) is 13.0 Å². The molecule has 1 atom stereocenters. The highest BCUT2D eigenvalue weighted by Gasteiger charge is 2.44. The van der Waals surface area contributed by atoms with Crippen LogP contribution in [0.4, 0.5) is 4.79 Å². The first-order valence-corrected chi connectivity index (χ1v) is 6.76. The summed E-state index contributed by atoms with van der Waals surface area (Å²) in [7, 11) is 0. The van der Waals surface area contributed by atoms with Crippen molar-refractivity contribution in [3.8, 4) is 0 Å². The van der Waals surface area contributed by atoms with E-state index in [1.807, 2.05) is 30.3 Å². The SMILES string of the molecule is C[C@@]1(C(=O)O)CCCCN1C(=O)OCc1ccccc1. The second-order valence-corrected chi connectivity index (χ2v) is 5.23. The molecule has 2 rings (SSSR count). The molecule has 0 aliphatic carbocycles. The van der Waals surface area contributed by atoms with Crippen LogP contribution in [0.1, 0.15) is 31.7 Å². The summed E-state index contributed by atoms with van der Waals surface area (Å²) in [6, 6.07) is 9.34. The molecule has 5 nitrogen and oxygen atoms in total. The lowest BCUT2D eigenvalue weighted by atomic mass is 9.89. The van der Waals surface area contributed by atoms with Crippen LogP contribution in [0.5, 0.6) is 0 Å². The van der Waals surface area contributed by atoms with Crippen molar-refractivity contribution in [2.75, 3.05) is 6.54 Å². The average Bonchev–Trinajstić information content (AvgIpc) is 2.46. The summed E-state index contributed by atoms with van der Waals surface area (Å²) in [5.74, 6) is -0.978. The quantitative estimate of drug-likeness (QED) is 0.922. The van der Waals surface area contributed by atoms with Gasteiger partial charge in [0.05, 0.1) is 0 Å². The molecule has 1 N–H and O–H groups in total. The Bertz CT molecular complexity index is 488. The molecule has 1 amide bonds. The molecule has 1 heterocycles. The normalized spacial score (nSPS) is 22.4. The molecule has 1 aromatic rings. The number of aliphatic carboxylic acids is 1. The Morgan fingerprint density at radius 1 is 1.30 bits per heavy atom. The lowest BCUT2D eigenvalue weighted by Crippen LogP contribution is -2.57. The van der Waals surface area contributed by atoms with Gasteiger partial charge in [-0.3, -0.25) is 4.90 Å². The van der Waals surface area contributed by atoms with E-state index in [1.54, 1.807) is 6.92 Å². The molecule has 0 spiro atoms. The minimum Gasteiger partial charge on any atom is -0.480 e. The maximum atomic E-state index is 12.1. The number of nitrogens with zero attached hydrogens (tertiary/aromatic N) is 1. The number of piperidine rings is 1. The number of carboxylic acid groups (broad SMARTS) is 1. The van der Waals surface area contributed by atoms with E-state index >= 15 is 0 Å². The van der Waals surface area contributed by atoms with E-state index in [0.717, 1.165) is 18.4 Å². The Balaban J connectivity index is 2.02. The third-order valence-electron chi connectivity index (χ3n) is 3.78. The number of carbonyl (C=O) groups is 2. The first kappa shape index (κ1) is 14.4. The van der Waals surface area contributed by atoms with Gasteiger partial charge in [0.25, 0.3) is 0 Å². The molecule has 20 heavy (non-hydrogen) atoms. The maximum Gasteiger partial charge on any atom is 0.411 e. The van der Waals surface area contributed by atoms with Crippen LogP contribution >= 0.6 is 0 Å². The molecule has 1 saturated heterocycles. The highest BCUT2D eigenvalue weighted by Crippen LogP contribution is 2.29. The predicted octanol–water partition coefficient (Wildman–Crippen LogP) is 2.65. The number of hydrogen-bond acceptors (Lipinski definition) is 3. The monoisotopic (exact) mass is 277 g/mol. The Morgan fingerprint density at radius 2 is 2.00 bits per heavy atom. The molecule has 1 aromatic carbocycles. The van der Waals surface area contributed by atoms with Crippen LogP contribution in [0.2, 0.25) is 0 Å². The Morgan fingerprint density at radius 3 is 2.65 bits per heavy atom. The molecule has 1 aliphatic rings. The van der Waals surface area contributed by atoms with Crippen molar-refractivity contribution in [3.63, 3.8) is 0 Å². The van der Waals surface area contributed by atoms with E-state index in [1.165, 1.54) is 4.90 Å². The van der Waals surface area contributed by atoms with Gasteiger partial charge in [0.15, 0.2) is 0 Å². The molecule has 5 heteroatoms. The smallest absolute Gasteiger partial charge is 0.411 e. The third-order valence-corrected chi connectivity index (χ3v) is 3.78. The van der Waals surface area contributed by atoms with E-state index in [2.05, 4.69) is 0 Å². The fraction of sp³-hybridized carbons (Fsp3) is 0.467. The molecular weight excluding hydrogens is 258 g/mol. The van der Waals surface area contributed by atoms with Gasteiger partial charge >= 0.3 is 12.1 Å². The van der Waals surface area contributed by atoms with Crippen molar-refractivity contribution in [1.82, 2.24) is 4.90 Å². The van der Waals surface area contributed by atoms with Crippen LogP contribution in [-0.4, -0.2) is 34.2 Å². The Hall–Kier alpha value is -2.04. The van der Waals surface area contributed by atoms with Crippen LogP contribution in [0, 0.1) is 0 Å². The summed E-state index contributed by atoms with van der Waals surface area (Å²) in [6.07, 6.45) is 1.52. The van der Waals surface area contributed by atoms with Crippen molar-refractivity contribution in [1.29, 1.82) is 0 Å². The van der Waals surface area contributed by atoms with Crippen LogP contribution in [0.25, 0.3) is 0 Å². The molecule has 0 saturated carbocycles. The highest BCUT2D eigenvalue weighted by atomic mass is 16.6. The Labute approximate surface area is 118 Å². The van der Waals surface area contributed by atoms with Gasteiger partial charge in [0.2, 0.25) is 0 Å². The summed E-state index contributed by atoms with van der Waals surface area (Å²) in [5.41, 5.74) is -0.277. The number of benzene rings is 1.